The maximum absolute atomic E-state index is 12.6. The Kier molecular flexibility index (Phi) is 4.24. The molecule has 3 atom stereocenters. The van der Waals surface area contributed by atoms with Crippen molar-refractivity contribution in [2.75, 3.05) is 0 Å². The third kappa shape index (κ3) is 2.90. The molecule has 0 bridgehead atoms. The monoisotopic (exact) mass is 313 g/mol. The minimum Gasteiger partial charge on any atom is -0.480 e. The largest absolute Gasteiger partial charge is 0.480 e. The second-order valence-corrected chi connectivity index (χ2v) is 6.63. The van der Waals surface area contributed by atoms with Gasteiger partial charge in [-0.15, -0.1) is 0 Å². The summed E-state index contributed by atoms with van der Waals surface area (Å²) >= 11 is 0. The standard InChI is InChI=1S/C19H23NO3/c1-2-3-10-16(18(22)23)20-17(21)15-12-19(15)11-6-8-13-7-4-5-9-14(13)19/h2-5,7,9,15-16H,6,8,10-12H2,1H3,(H,20,21)(H,22,23)/b3-2+. The summed E-state index contributed by atoms with van der Waals surface area (Å²) in [7, 11) is 0. The van der Waals surface area contributed by atoms with Crippen molar-refractivity contribution < 1.29 is 14.7 Å². The molecule has 0 heterocycles. The number of nitrogens with one attached hydrogen (secondary N) is 1. The summed E-state index contributed by atoms with van der Waals surface area (Å²) in [4.78, 5) is 23.9. The molecule has 2 aliphatic carbocycles. The highest BCUT2D eigenvalue weighted by atomic mass is 16.4. The van der Waals surface area contributed by atoms with Crippen LogP contribution in [-0.4, -0.2) is 23.0 Å². The van der Waals surface area contributed by atoms with E-state index in [1.807, 2.05) is 19.1 Å². The molecule has 0 saturated heterocycles. The van der Waals surface area contributed by atoms with Crippen LogP contribution in [0.5, 0.6) is 0 Å². The number of carbonyl (C=O) groups excluding carboxylic acids is 1. The summed E-state index contributed by atoms with van der Waals surface area (Å²) in [5.74, 6) is -1.18. The number of hydrogen-bond donors (Lipinski definition) is 2. The second kappa shape index (κ2) is 6.19. The van der Waals surface area contributed by atoms with Gasteiger partial charge in [0.1, 0.15) is 6.04 Å². The van der Waals surface area contributed by atoms with Crippen LogP contribution >= 0.6 is 0 Å². The Morgan fingerprint density at radius 2 is 2.22 bits per heavy atom. The first-order valence-corrected chi connectivity index (χ1v) is 8.31. The highest BCUT2D eigenvalue weighted by Gasteiger charge is 2.60. The number of rotatable bonds is 5. The lowest BCUT2D eigenvalue weighted by atomic mass is 9.78. The zero-order valence-electron chi connectivity index (χ0n) is 13.4. The zero-order valence-corrected chi connectivity index (χ0v) is 13.4. The number of hydrogen-bond acceptors (Lipinski definition) is 2. The number of aliphatic carboxylic acids is 1. The Hall–Kier alpha value is -2.10. The van der Waals surface area contributed by atoms with E-state index in [1.165, 1.54) is 11.1 Å². The molecule has 23 heavy (non-hydrogen) atoms. The average molecular weight is 313 g/mol. The van der Waals surface area contributed by atoms with E-state index >= 15 is 0 Å². The Labute approximate surface area is 136 Å². The maximum Gasteiger partial charge on any atom is 0.326 e. The number of benzene rings is 1. The number of amides is 1. The molecule has 0 aliphatic heterocycles. The smallest absolute Gasteiger partial charge is 0.326 e. The van der Waals surface area contributed by atoms with Crippen LogP contribution in [0.4, 0.5) is 0 Å². The fourth-order valence-corrected chi connectivity index (χ4v) is 3.94. The van der Waals surface area contributed by atoms with E-state index in [2.05, 4.69) is 17.4 Å². The van der Waals surface area contributed by atoms with Crippen molar-refractivity contribution in [1.29, 1.82) is 0 Å². The van der Waals surface area contributed by atoms with Gasteiger partial charge < -0.3 is 10.4 Å². The van der Waals surface area contributed by atoms with E-state index in [0.717, 1.165) is 25.7 Å². The van der Waals surface area contributed by atoms with Crippen LogP contribution in [0.15, 0.2) is 36.4 Å². The van der Waals surface area contributed by atoms with Crippen LogP contribution in [-0.2, 0) is 21.4 Å². The van der Waals surface area contributed by atoms with E-state index in [9.17, 15) is 14.7 Å². The summed E-state index contributed by atoms with van der Waals surface area (Å²) < 4.78 is 0. The van der Waals surface area contributed by atoms with Gasteiger partial charge in [0.2, 0.25) is 5.91 Å². The lowest BCUT2D eigenvalue weighted by Crippen LogP contribution is -2.42. The molecule has 1 amide bonds. The SMILES string of the molecule is C/C=C/CC(NC(=O)C1CC12CCCc1ccccc12)C(=O)O. The highest BCUT2D eigenvalue weighted by Crippen LogP contribution is 2.60. The van der Waals surface area contributed by atoms with Crippen molar-refractivity contribution in [2.45, 2.75) is 50.5 Å². The molecule has 0 aromatic heterocycles. The van der Waals surface area contributed by atoms with Crippen molar-refractivity contribution in [1.82, 2.24) is 5.32 Å². The third-order valence-electron chi connectivity index (χ3n) is 5.24. The average Bonchev–Trinajstić information content (AvgIpc) is 3.26. The molecule has 3 unspecified atom stereocenters. The summed E-state index contributed by atoms with van der Waals surface area (Å²) in [5.41, 5.74) is 2.59. The van der Waals surface area contributed by atoms with Crippen molar-refractivity contribution in [3.63, 3.8) is 0 Å². The first-order valence-electron chi connectivity index (χ1n) is 8.31. The maximum atomic E-state index is 12.6. The molecule has 0 radical (unpaired) electrons. The normalized spacial score (nSPS) is 26.7. The van der Waals surface area contributed by atoms with Gasteiger partial charge >= 0.3 is 5.97 Å². The van der Waals surface area contributed by atoms with Gasteiger partial charge in [-0.05, 0) is 50.2 Å². The summed E-state index contributed by atoms with van der Waals surface area (Å²) in [5, 5.41) is 12.0. The van der Waals surface area contributed by atoms with E-state index in [1.54, 1.807) is 12.2 Å². The molecular formula is C19H23NO3. The van der Waals surface area contributed by atoms with Crippen molar-refractivity contribution >= 4 is 11.9 Å². The molecule has 3 rings (SSSR count). The van der Waals surface area contributed by atoms with Crippen molar-refractivity contribution in [3.8, 4) is 0 Å². The van der Waals surface area contributed by atoms with Crippen LogP contribution in [0.1, 0.15) is 43.7 Å². The van der Waals surface area contributed by atoms with E-state index in [-0.39, 0.29) is 17.2 Å². The molecular weight excluding hydrogens is 290 g/mol. The zero-order chi connectivity index (χ0) is 16.4. The van der Waals surface area contributed by atoms with Crippen LogP contribution in [0.3, 0.4) is 0 Å². The molecule has 1 aromatic rings. The summed E-state index contributed by atoms with van der Waals surface area (Å²) in [6.07, 6.45) is 7.94. The quantitative estimate of drug-likeness (QED) is 0.822. The van der Waals surface area contributed by atoms with E-state index in [0.29, 0.717) is 6.42 Å². The molecule has 1 spiro atoms. The van der Waals surface area contributed by atoms with Crippen molar-refractivity contribution in [3.05, 3.63) is 47.5 Å². The summed E-state index contributed by atoms with van der Waals surface area (Å²) in [6.45, 7) is 1.84. The highest BCUT2D eigenvalue weighted by molar-refractivity contribution is 5.88. The van der Waals surface area contributed by atoms with E-state index < -0.39 is 12.0 Å². The van der Waals surface area contributed by atoms with Crippen LogP contribution < -0.4 is 5.32 Å². The number of carbonyl (C=O) groups is 2. The van der Waals surface area contributed by atoms with Gasteiger partial charge in [-0.25, -0.2) is 4.79 Å². The first kappa shape index (κ1) is 15.8. The lowest BCUT2D eigenvalue weighted by Gasteiger charge is -2.26. The second-order valence-electron chi connectivity index (χ2n) is 6.63. The molecule has 2 N–H and O–H groups in total. The molecule has 1 fully saturated rings. The Morgan fingerprint density at radius 1 is 1.43 bits per heavy atom. The fraction of sp³-hybridized carbons (Fsp3) is 0.474. The van der Waals surface area contributed by atoms with Gasteiger partial charge in [0.25, 0.3) is 0 Å². The molecule has 2 aliphatic rings. The molecule has 4 heteroatoms. The number of carboxylic acids is 1. The predicted molar refractivity (Wildman–Crippen MR) is 88.2 cm³/mol. The number of aryl methyl sites for hydroxylation is 1. The van der Waals surface area contributed by atoms with Gasteiger partial charge in [-0.2, -0.15) is 0 Å². The molecule has 1 saturated carbocycles. The first-order chi connectivity index (χ1) is 11.1. The molecule has 122 valence electrons. The predicted octanol–water partition coefficient (Wildman–Crippen LogP) is 2.82. The molecule has 1 aromatic carbocycles. The summed E-state index contributed by atoms with van der Waals surface area (Å²) in [6, 6.07) is 7.53. The van der Waals surface area contributed by atoms with E-state index in [4.69, 9.17) is 0 Å². The number of allylic oxidation sites excluding steroid dienone is 1. The topological polar surface area (TPSA) is 66.4 Å². The number of fused-ring (bicyclic) bond motifs is 2. The van der Waals surface area contributed by atoms with Gasteiger partial charge in [0.15, 0.2) is 0 Å². The Morgan fingerprint density at radius 3 is 2.96 bits per heavy atom. The van der Waals surface area contributed by atoms with Crippen molar-refractivity contribution in [2.24, 2.45) is 5.92 Å². The van der Waals surface area contributed by atoms with Crippen LogP contribution in [0, 0.1) is 5.92 Å². The van der Waals surface area contributed by atoms with Gasteiger partial charge in [-0.1, -0.05) is 36.4 Å². The fourth-order valence-electron chi connectivity index (χ4n) is 3.94. The minimum atomic E-state index is -0.977. The van der Waals surface area contributed by atoms with Gasteiger partial charge in [0.05, 0.1) is 0 Å². The Bertz CT molecular complexity index is 652. The molecule has 4 nitrogen and oxygen atoms in total. The minimum absolute atomic E-state index is 0.0530. The van der Waals surface area contributed by atoms with Crippen LogP contribution in [0.25, 0.3) is 0 Å². The van der Waals surface area contributed by atoms with Crippen LogP contribution in [0.2, 0.25) is 0 Å². The van der Waals surface area contributed by atoms with Gasteiger partial charge in [-0.3, -0.25) is 4.79 Å². The van der Waals surface area contributed by atoms with Gasteiger partial charge in [0, 0.05) is 11.3 Å². The third-order valence-corrected chi connectivity index (χ3v) is 5.24. The lowest BCUT2D eigenvalue weighted by molar-refractivity contribution is -0.142. The Balaban J connectivity index is 1.73. The number of carboxylic acid groups (broad SMARTS) is 1.